The molecule has 0 saturated carbocycles. The number of benzene rings is 2. The Morgan fingerprint density at radius 1 is 1.10 bits per heavy atom. The van der Waals surface area contributed by atoms with Gasteiger partial charge in [0.15, 0.2) is 5.69 Å². The van der Waals surface area contributed by atoms with Crippen LogP contribution in [0.1, 0.15) is 28.5 Å². The van der Waals surface area contributed by atoms with E-state index in [-0.39, 0.29) is 22.3 Å². The van der Waals surface area contributed by atoms with Gasteiger partial charge in [-0.05, 0) is 48.9 Å². The van der Waals surface area contributed by atoms with Crippen molar-refractivity contribution in [1.29, 1.82) is 0 Å². The van der Waals surface area contributed by atoms with E-state index in [1.54, 1.807) is 13.0 Å². The van der Waals surface area contributed by atoms with Crippen molar-refractivity contribution in [1.82, 2.24) is 9.78 Å². The Kier molecular flexibility index (Phi) is 5.84. The van der Waals surface area contributed by atoms with Gasteiger partial charge in [0.05, 0.1) is 17.4 Å². The molecule has 2 aromatic carbocycles. The van der Waals surface area contributed by atoms with Gasteiger partial charge in [0, 0.05) is 23.3 Å². The molecule has 1 aromatic heterocycles. The second kappa shape index (κ2) is 8.19. The van der Waals surface area contributed by atoms with Gasteiger partial charge in [0.25, 0.3) is 5.91 Å². The summed E-state index contributed by atoms with van der Waals surface area (Å²) < 4.78 is 41.9. The highest BCUT2D eigenvalue weighted by Gasteiger charge is 2.40. The van der Waals surface area contributed by atoms with Crippen LogP contribution in [0.25, 0.3) is 5.69 Å². The largest absolute Gasteiger partial charge is 0.434 e. The molecule has 0 unspecified atom stereocenters. The van der Waals surface area contributed by atoms with Gasteiger partial charge in [-0.3, -0.25) is 9.59 Å². The van der Waals surface area contributed by atoms with Crippen molar-refractivity contribution in [2.45, 2.75) is 20.0 Å². The van der Waals surface area contributed by atoms with E-state index < -0.39 is 23.3 Å². The number of amides is 2. The molecule has 2 N–H and O–H groups in total. The average molecular weight is 437 g/mol. The number of carbonyl (C=O) groups is 2. The highest BCUT2D eigenvalue weighted by Crippen LogP contribution is 2.34. The summed E-state index contributed by atoms with van der Waals surface area (Å²) in [7, 11) is 0. The van der Waals surface area contributed by atoms with Crippen LogP contribution < -0.4 is 10.6 Å². The maximum absolute atomic E-state index is 13.8. The maximum Gasteiger partial charge on any atom is 0.434 e. The zero-order chi connectivity index (χ0) is 22.1. The Hall–Kier alpha value is -3.33. The minimum atomic E-state index is -4.84. The third-order valence-corrected chi connectivity index (χ3v) is 4.37. The molecule has 6 nitrogen and oxygen atoms in total. The smallest absolute Gasteiger partial charge is 0.326 e. The number of aryl methyl sites for hydroxylation is 1. The number of halogens is 4. The standard InChI is InChI=1S/C20H16ClF3N4O2/c1-11-8-14(6-7-17(11)26-12(2)29)27-19(30)16-10-25-28(18(16)20(22,23)24)15-5-3-4-13(21)9-15/h3-10H,1-2H3,(H,26,29)(H,27,30). The molecule has 0 fully saturated rings. The van der Waals surface area contributed by atoms with Crippen molar-refractivity contribution in [2.24, 2.45) is 0 Å². The lowest BCUT2D eigenvalue weighted by molar-refractivity contribution is -0.143. The zero-order valence-electron chi connectivity index (χ0n) is 15.8. The Morgan fingerprint density at radius 3 is 2.43 bits per heavy atom. The summed E-state index contributed by atoms with van der Waals surface area (Å²) in [6, 6.07) is 10.3. The van der Waals surface area contributed by atoms with Gasteiger partial charge in [0.2, 0.25) is 5.91 Å². The number of hydrogen-bond donors (Lipinski definition) is 2. The minimum Gasteiger partial charge on any atom is -0.326 e. The summed E-state index contributed by atoms with van der Waals surface area (Å²) in [6.07, 6.45) is -3.98. The molecule has 0 aliphatic heterocycles. The fourth-order valence-electron chi connectivity index (χ4n) is 2.86. The van der Waals surface area contributed by atoms with E-state index >= 15 is 0 Å². The van der Waals surface area contributed by atoms with Gasteiger partial charge in [-0.2, -0.15) is 18.3 Å². The minimum absolute atomic E-state index is 0.0735. The molecular formula is C20H16ClF3N4O2. The lowest BCUT2D eigenvalue weighted by Crippen LogP contribution is -2.20. The Balaban J connectivity index is 1.95. The Bertz CT molecular complexity index is 1130. The SMILES string of the molecule is CC(=O)Nc1ccc(NC(=O)c2cnn(-c3cccc(Cl)c3)c2C(F)(F)F)cc1C. The number of carbonyl (C=O) groups excluding carboxylic acids is 2. The van der Waals surface area contributed by atoms with E-state index in [1.807, 2.05) is 0 Å². The molecule has 0 radical (unpaired) electrons. The first-order chi connectivity index (χ1) is 14.1. The van der Waals surface area contributed by atoms with Crippen LogP contribution in [0, 0.1) is 6.92 Å². The normalized spacial score (nSPS) is 11.3. The number of anilines is 2. The third-order valence-electron chi connectivity index (χ3n) is 4.13. The summed E-state index contributed by atoms with van der Waals surface area (Å²) >= 11 is 5.87. The summed E-state index contributed by atoms with van der Waals surface area (Å²) in [5, 5.41) is 9.04. The van der Waals surface area contributed by atoms with Crippen LogP contribution in [0.3, 0.4) is 0 Å². The van der Waals surface area contributed by atoms with E-state index in [9.17, 15) is 22.8 Å². The lowest BCUT2D eigenvalue weighted by atomic mass is 10.1. The van der Waals surface area contributed by atoms with Crippen LogP contribution in [0.2, 0.25) is 5.02 Å². The molecule has 2 amide bonds. The summed E-state index contributed by atoms with van der Waals surface area (Å²) in [4.78, 5) is 23.8. The van der Waals surface area contributed by atoms with Crippen molar-refractivity contribution in [3.63, 3.8) is 0 Å². The fourth-order valence-corrected chi connectivity index (χ4v) is 3.05. The molecule has 10 heteroatoms. The van der Waals surface area contributed by atoms with Gasteiger partial charge in [-0.25, -0.2) is 4.68 Å². The maximum atomic E-state index is 13.8. The van der Waals surface area contributed by atoms with Gasteiger partial charge in [0.1, 0.15) is 0 Å². The first-order valence-electron chi connectivity index (χ1n) is 8.67. The molecule has 0 atom stereocenters. The van der Waals surface area contributed by atoms with Crippen LogP contribution >= 0.6 is 11.6 Å². The molecule has 3 aromatic rings. The van der Waals surface area contributed by atoms with Crippen LogP contribution in [0.4, 0.5) is 24.5 Å². The van der Waals surface area contributed by atoms with Crippen molar-refractivity contribution >= 4 is 34.8 Å². The summed E-state index contributed by atoms with van der Waals surface area (Å²) in [5.41, 5.74) is -0.335. The predicted molar refractivity (Wildman–Crippen MR) is 107 cm³/mol. The molecule has 0 aliphatic carbocycles. The van der Waals surface area contributed by atoms with Crippen LogP contribution in [-0.4, -0.2) is 21.6 Å². The molecule has 0 bridgehead atoms. The monoisotopic (exact) mass is 436 g/mol. The first-order valence-corrected chi connectivity index (χ1v) is 9.05. The Morgan fingerprint density at radius 2 is 1.83 bits per heavy atom. The topological polar surface area (TPSA) is 76.0 Å². The van der Waals surface area contributed by atoms with Gasteiger partial charge >= 0.3 is 6.18 Å². The van der Waals surface area contributed by atoms with E-state index in [0.29, 0.717) is 15.9 Å². The number of aromatic nitrogens is 2. The van der Waals surface area contributed by atoms with Crippen molar-refractivity contribution in [3.05, 3.63) is 70.5 Å². The number of nitrogens with one attached hydrogen (secondary N) is 2. The van der Waals surface area contributed by atoms with Crippen molar-refractivity contribution < 1.29 is 22.8 Å². The average Bonchev–Trinajstić information content (AvgIpc) is 3.09. The molecule has 0 saturated heterocycles. The highest BCUT2D eigenvalue weighted by molar-refractivity contribution is 6.30. The van der Waals surface area contributed by atoms with E-state index in [4.69, 9.17) is 11.6 Å². The van der Waals surface area contributed by atoms with Crippen LogP contribution in [-0.2, 0) is 11.0 Å². The van der Waals surface area contributed by atoms with E-state index in [0.717, 1.165) is 6.20 Å². The third kappa shape index (κ3) is 4.62. The van der Waals surface area contributed by atoms with Crippen molar-refractivity contribution in [3.8, 4) is 5.69 Å². The molecular weight excluding hydrogens is 421 g/mol. The fraction of sp³-hybridized carbons (Fsp3) is 0.150. The predicted octanol–water partition coefficient (Wildman–Crippen LogP) is 5.06. The van der Waals surface area contributed by atoms with Crippen molar-refractivity contribution in [2.75, 3.05) is 10.6 Å². The van der Waals surface area contributed by atoms with E-state index in [2.05, 4.69) is 15.7 Å². The number of nitrogens with zero attached hydrogens (tertiary/aromatic N) is 2. The molecule has 30 heavy (non-hydrogen) atoms. The van der Waals surface area contributed by atoms with E-state index in [1.165, 1.54) is 43.3 Å². The molecule has 156 valence electrons. The van der Waals surface area contributed by atoms with Crippen LogP contribution in [0.15, 0.2) is 48.7 Å². The molecule has 0 aliphatic rings. The highest BCUT2D eigenvalue weighted by atomic mass is 35.5. The van der Waals surface area contributed by atoms with Gasteiger partial charge in [-0.1, -0.05) is 17.7 Å². The zero-order valence-corrected chi connectivity index (χ0v) is 16.6. The molecule has 1 heterocycles. The van der Waals surface area contributed by atoms with Gasteiger partial charge in [-0.15, -0.1) is 0 Å². The summed E-state index contributed by atoms with van der Waals surface area (Å²) in [6.45, 7) is 3.05. The number of hydrogen-bond acceptors (Lipinski definition) is 3. The number of rotatable bonds is 4. The summed E-state index contributed by atoms with van der Waals surface area (Å²) in [5.74, 6) is -1.24. The Labute approximate surface area is 174 Å². The lowest BCUT2D eigenvalue weighted by Gasteiger charge is -2.14. The second-order valence-electron chi connectivity index (χ2n) is 6.46. The quantitative estimate of drug-likeness (QED) is 0.600. The molecule has 3 rings (SSSR count). The van der Waals surface area contributed by atoms with Gasteiger partial charge < -0.3 is 10.6 Å². The second-order valence-corrected chi connectivity index (χ2v) is 6.90. The number of alkyl halides is 3. The first kappa shape index (κ1) is 21.4. The van der Waals surface area contributed by atoms with Crippen LogP contribution in [0.5, 0.6) is 0 Å². The molecule has 0 spiro atoms.